The maximum atomic E-state index is 4.40. The number of aryl methyl sites for hydroxylation is 1. The maximum absolute atomic E-state index is 4.40. The van der Waals surface area contributed by atoms with Crippen molar-refractivity contribution >= 4 is 5.82 Å². The third-order valence-corrected chi connectivity index (χ3v) is 2.13. The van der Waals surface area contributed by atoms with Crippen LogP contribution in [0.1, 0.15) is 5.56 Å². The summed E-state index contributed by atoms with van der Waals surface area (Å²) < 4.78 is 0. The highest BCUT2D eigenvalue weighted by molar-refractivity contribution is 5.56. The molecule has 0 amide bonds. The quantitative estimate of drug-likeness (QED) is 0.804. The molecule has 76 valence electrons. The van der Waals surface area contributed by atoms with Crippen molar-refractivity contribution in [1.29, 1.82) is 0 Å². The average molecular weight is 200 g/mol. The van der Waals surface area contributed by atoms with Gasteiger partial charge in [0.1, 0.15) is 5.82 Å². The Morgan fingerprint density at radius 2 is 2.13 bits per heavy atom. The summed E-state index contributed by atoms with van der Waals surface area (Å²) in [5, 5.41) is 3.03. The fraction of sp³-hybridized carbons (Fsp3) is 0.182. The lowest BCUT2D eigenvalue weighted by molar-refractivity contribution is 1.12. The fourth-order valence-corrected chi connectivity index (χ4v) is 1.33. The monoisotopic (exact) mass is 200 g/mol. The third kappa shape index (κ3) is 1.93. The smallest absolute Gasteiger partial charge is 0.163 e. The Bertz CT molecular complexity index is 453. The van der Waals surface area contributed by atoms with E-state index in [0.29, 0.717) is 5.82 Å². The second-order valence-electron chi connectivity index (χ2n) is 3.22. The average Bonchev–Trinajstić information content (AvgIpc) is 2.31. The first-order chi connectivity index (χ1) is 7.31. The van der Waals surface area contributed by atoms with E-state index in [1.54, 1.807) is 18.6 Å². The summed E-state index contributed by atoms with van der Waals surface area (Å²) in [6.07, 6.45) is 5.29. The molecule has 2 aromatic rings. The highest BCUT2D eigenvalue weighted by Gasteiger charge is 2.03. The summed E-state index contributed by atoms with van der Waals surface area (Å²) in [6, 6.07) is 3.81. The Morgan fingerprint density at radius 1 is 1.27 bits per heavy atom. The van der Waals surface area contributed by atoms with E-state index in [-0.39, 0.29) is 0 Å². The zero-order chi connectivity index (χ0) is 10.7. The minimum atomic E-state index is 0.693. The van der Waals surface area contributed by atoms with Gasteiger partial charge in [0.15, 0.2) is 5.82 Å². The van der Waals surface area contributed by atoms with Crippen LogP contribution in [0.2, 0.25) is 0 Å². The predicted octanol–water partition coefficient (Wildman–Crippen LogP) is 1.89. The molecular formula is C11H12N4. The van der Waals surface area contributed by atoms with E-state index >= 15 is 0 Å². The van der Waals surface area contributed by atoms with Crippen molar-refractivity contribution in [2.24, 2.45) is 0 Å². The highest BCUT2D eigenvalue weighted by Crippen LogP contribution is 2.16. The largest absolute Gasteiger partial charge is 0.373 e. The van der Waals surface area contributed by atoms with Gasteiger partial charge in [-0.25, -0.2) is 9.97 Å². The Kier molecular flexibility index (Phi) is 2.58. The molecule has 2 rings (SSSR count). The first kappa shape index (κ1) is 9.58. The molecule has 0 bridgehead atoms. The minimum absolute atomic E-state index is 0.693. The van der Waals surface area contributed by atoms with Crippen LogP contribution in [-0.4, -0.2) is 22.0 Å². The molecule has 0 fully saturated rings. The summed E-state index contributed by atoms with van der Waals surface area (Å²) in [6.45, 7) is 1.97. The van der Waals surface area contributed by atoms with Crippen LogP contribution >= 0.6 is 0 Å². The third-order valence-electron chi connectivity index (χ3n) is 2.13. The zero-order valence-corrected chi connectivity index (χ0v) is 8.73. The molecule has 0 aliphatic rings. The first-order valence-corrected chi connectivity index (χ1v) is 4.73. The van der Waals surface area contributed by atoms with Gasteiger partial charge >= 0.3 is 0 Å². The van der Waals surface area contributed by atoms with Crippen molar-refractivity contribution in [3.63, 3.8) is 0 Å². The minimum Gasteiger partial charge on any atom is -0.373 e. The summed E-state index contributed by atoms with van der Waals surface area (Å²) >= 11 is 0. The van der Waals surface area contributed by atoms with E-state index in [1.807, 2.05) is 26.1 Å². The number of hydrogen-bond acceptors (Lipinski definition) is 4. The molecule has 4 heteroatoms. The number of pyridine rings is 1. The molecule has 1 N–H and O–H groups in total. The number of nitrogens with zero attached hydrogens (tertiary/aromatic N) is 3. The number of rotatable bonds is 2. The van der Waals surface area contributed by atoms with E-state index in [4.69, 9.17) is 0 Å². The Morgan fingerprint density at radius 3 is 2.80 bits per heavy atom. The van der Waals surface area contributed by atoms with Gasteiger partial charge in [-0.2, -0.15) is 0 Å². The van der Waals surface area contributed by atoms with Gasteiger partial charge < -0.3 is 5.32 Å². The van der Waals surface area contributed by atoms with Crippen molar-refractivity contribution < 1.29 is 0 Å². The second-order valence-corrected chi connectivity index (χ2v) is 3.22. The molecule has 0 aliphatic heterocycles. The Labute approximate surface area is 88.4 Å². The number of nitrogens with one attached hydrogen (secondary N) is 1. The van der Waals surface area contributed by atoms with Gasteiger partial charge in [0.05, 0.1) is 0 Å². The van der Waals surface area contributed by atoms with Crippen molar-refractivity contribution in [1.82, 2.24) is 15.0 Å². The fourth-order valence-electron chi connectivity index (χ4n) is 1.33. The van der Waals surface area contributed by atoms with Gasteiger partial charge in [0.2, 0.25) is 0 Å². The van der Waals surface area contributed by atoms with E-state index < -0.39 is 0 Å². The molecular weight excluding hydrogens is 188 g/mol. The molecule has 0 atom stereocenters. The molecule has 2 aromatic heterocycles. The zero-order valence-electron chi connectivity index (χ0n) is 8.73. The van der Waals surface area contributed by atoms with Crippen LogP contribution in [0.15, 0.2) is 30.7 Å². The SMILES string of the molecule is CNc1nc(-c2cccnc2)ncc1C. The summed E-state index contributed by atoms with van der Waals surface area (Å²) in [7, 11) is 1.85. The standard InChI is InChI=1S/C11H12N4/c1-8-6-14-11(15-10(8)12-2)9-4-3-5-13-7-9/h3-7H,1-2H3,(H,12,14,15). The van der Waals surface area contributed by atoms with Gasteiger partial charge in [-0.15, -0.1) is 0 Å². The lowest BCUT2D eigenvalue weighted by atomic mass is 10.2. The first-order valence-electron chi connectivity index (χ1n) is 4.73. The number of hydrogen-bond donors (Lipinski definition) is 1. The van der Waals surface area contributed by atoms with Crippen LogP contribution in [0.4, 0.5) is 5.82 Å². The molecule has 0 saturated heterocycles. The van der Waals surface area contributed by atoms with Gasteiger partial charge in [0, 0.05) is 36.8 Å². The molecule has 0 unspecified atom stereocenters. The van der Waals surface area contributed by atoms with E-state index in [9.17, 15) is 0 Å². The van der Waals surface area contributed by atoms with Crippen LogP contribution in [0.5, 0.6) is 0 Å². The van der Waals surface area contributed by atoms with Crippen molar-refractivity contribution in [3.8, 4) is 11.4 Å². The topological polar surface area (TPSA) is 50.7 Å². The van der Waals surface area contributed by atoms with Crippen LogP contribution in [0.3, 0.4) is 0 Å². The lowest BCUT2D eigenvalue weighted by Gasteiger charge is -2.05. The van der Waals surface area contributed by atoms with Gasteiger partial charge in [0.25, 0.3) is 0 Å². The molecule has 4 nitrogen and oxygen atoms in total. The van der Waals surface area contributed by atoms with Crippen LogP contribution in [0.25, 0.3) is 11.4 Å². The molecule has 15 heavy (non-hydrogen) atoms. The van der Waals surface area contributed by atoms with Gasteiger partial charge in [-0.1, -0.05) is 0 Å². The van der Waals surface area contributed by atoms with Gasteiger partial charge in [-0.3, -0.25) is 4.98 Å². The molecule has 0 aromatic carbocycles. The Balaban J connectivity index is 2.46. The van der Waals surface area contributed by atoms with E-state index in [2.05, 4.69) is 20.3 Å². The van der Waals surface area contributed by atoms with Crippen molar-refractivity contribution in [2.75, 3.05) is 12.4 Å². The summed E-state index contributed by atoms with van der Waals surface area (Å²) in [5.41, 5.74) is 1.96. The predicted molar refractivity (Wildman–Crippen MR) is 59.5 cm³/mol. The summed E-state index contributed by atoms with van der Waals surface area (Å²) in [4.78, 5) is 12.7. The molecule has 0 saturated carbocycles. The van der Waals surface area contributed by atoms with E-state index in [0.717, 1.165) is 16.9 Å². The number of aromatic nitrogens is 3. The second kappa shape index (κ2) is 4.04. The normalized spacial score (nSPS) is 10.0. The van der Waals surface area contributed by atoms with Crippen LogP contribution in [-0.2, 0) is 0 Å². The molecule has 0 spiro atoms. The molecule has 0 aliphatic carbocycles. The maximum Gasteiger partial charge on any atom is 0.163 e. The summed E-state index contributed by atoms with van der Waals surface area (Å²) in [5.74, 6) is 1.54. The number of anilines is 1. The van der Waals surface area contributed by atoms with Crippen molar-refractivity contribution in [3.05, 3.63) is 36.3 Å². The van der Waals surface area contributed by atoms with Crippen LogP contribution in [0, 0.1) is 6.92 Å². The van der Waals surface area contributed by atoms with Gasteiger partial charge in [-0.05, 0) is 19.1 Å². The highest BCUT2D eigenvalue weighted by atomic mass is 15.0. The van der Waals surface area contributed by atoms with Crippen molar-refractivity contribution in [2.45, 2.75) is 6.92 Å². The van der Waals surface area contributed by atoms with Crippen LogP contribution < -0.4 is 5.32 Å². The molecule has 2 heterocycles. The lowest BCUT2D eigenvalue weighted by Crippen LogP contribution is -1.99. The Hall–Kier alpha value is -1.97. The molecule has 0 radical (unpaired) electrons. The van der Waals surface area contributed by atoms with E-state index in [1.165, 1.54) is 0 Å².